The van der Waals surface area contributed by atoms with Gasteiger partial charge in [-0.05, 0) is 18.6 Å². The maximum atomic E-state index is 9.45. The highest BCUT2D eigenvalue weighted by Crippen LogP contribution is 2.17. The number of aliphatic hydroxyl groups excluding tert-OH is 1. The Kier molecular flexibility index (Phi) is 4.20. The molecule has 0 radical (unpaired) electrons. The molecule has 1 aromatic carbocycles. The van der Waals surface area contributed by atoms with E-state index in [2.05, 4.69) is 9.98 Å². The summed E-state index contributed by atoms with van der Waals surface area (Å²) in [6.07, 6.45) is 3.51. The third-order valence-electron chi connectivity index (χ3n) is 2.79. The van der Waals surface area contributed by atoms with Crippen molar-refractivity contribution in [3.05, 3.63) is 66.0 Å². The fourth-order valence-electron chi connectivity index (χ4n) is 1.78. The summed E-state index contributed by atoms with van der Waals surface area (Å²) in [6.45, 7) is 1.93. The van der Waals surface area contributed by atoms with Crippen LogP contribution in [0.3, 0.4) is 0 Å². The molecular formula is C15H16N2O. The van der Waals surface area contributed by atoms with Crippen molar-refractivity contribution in [3.63, 3.8) is 0 Å². The van der Waals surface area contributed by atoms with Crippen LogP contribution in [0.1, 0.15) is 24.1 Å². The van der Waals surface area contributed by atoms with Gasteiger partial charge in [-0.15, -0.1) is 0 Å². The predicted molar refractivity (Wildman–Crippen MR) is 72.7 cm³/mol. The average molecular weight is 240 g/mol. The van der Waals surface area contributed by atoms with Gasteiger partial charge in [0.25, 0.3) is 0 Å². The normalized spacial score (nSPS) is 13.3. The van der Waals surface area contributed by atoms with E-state index in [0.717, 1.165) is 16.8 Å². The van der Waals surface area contributed by atoms with Gasteiger partial charge in [0, 0.05) is 23.7 Å². The topological polar surface area (TPSA) is 45.5 Å². The molecule has 0 unspecified atom stereocenters. The molecule has 0 amide bonds. The molecule has 0 spiro atoms. The number of hydrogen-bond donors (Lipinski definition) is 1. The Morgan fingerprint density at radius 3 is 2.61 bits per heavy atom. The van der Waals surface area contributed by atoms with E-state index >= 15 is 0 Å². The molecule has 1 heterocycles. The Bertz CT molecular complexity index is 509. The second kappa shape index (κ2) is 6.07. The Balaban J connectivity index is 2.25. The largest absolute Gasteiger partial charge is 0.394 e. The van der Waals surface area contributed by atoms with E-state index < -0.39 is 0 Å². The third-order valence-corrected chi connectivity index (χ3v) is 2.79. The highest BCUT2D eigenvalue weighted by atomic mass is 16.3. The Morgan fingerprint density at radius 2 is 2.00 bits per heavy atom. The summed E-state index contributed by atoms with van der Waals surface area (Å²) in [5, 5.41) is 9.45. The standard InChI is InChI=1S/C15H16N2O/c1-12(14-8-5-9-16-10-14)17-15(11-18)13-6-3-2-4-7-13/h2-10,15,18H,11H2,1H3/t15-/m0/s1. The molecule has 0 aliphatic heterocycles. The zero-order valence-corrected chi connectivity index (χ0v) is 10.3. The van der Waals surface area contributed by atoms with E-state index in [1.54, 1.807) is 12.4 Å². The number of benzene rings is 1. The molecule has 1 aromatic heterocycles. The first-order valence-electron chi connectivity index (χ1n) is 5.92. The molecule has 2 aromatic rings. The molecule has 3 heteroatoms. The number of aliphatic hydroxyl groups is 1. The van der Waals surface area contributed by atoms with Gasteiger partial charge in [0.15, 0.2) is 0 Å². The van der Waals surface area contributed by atoms with Gasteiger partial charge in [-0.1, -0.05) is 36.4 Å². The molecule has 0 saturated heterocycles. The van der Waals surface area contributed by atoms with Crippen molar-refractivity contribution in [2.24, 2.45) is 4.99 Å². The molecule has 1 N–H and O–H groups in total. The van der Waals surface area contributed by atoms with Crippen LogP contribution < -0.4 is 0 Å². The monoisotopic (exact) mass is 240 g/mol. The summed E-state index contributed by atoms with van der Waals surface area (Å²) in [5.41, 5.74) is 2.88. The summed E-state index contributed by atoms with van der Waals surface area (Å²) in [7, 11) is 0. The lowest BCUT2D eigenvalue weighted by atomic mass is 10.1. The van der Waals surface area contributed by atoms with Crippen LogP contribution in [0.2, 0.25) is 0 Å². The SMILES string of the molecule is CC(=N[C@@H](CO)c1ccccc1)c1cccnc1. The summed E-state index contributed by atoms with van der Waals surface area (Å²) >= 11 is 0. The molecule has 0 bridgehead atoms. The van der Waals surface area contributed by atoms with Crippen molar-refractivity contribution in [1.82, 2.24) is 4.98 Å². The lowest BCUT2D eigenvalue weighted by molar-refractivity contribution is 0.269. The molecule has 0 fully saturated rings. The van der Waals surface area contributed by atoms with E-state index in [1.807, 2.05) is 49.4 Å². The van der Waals surface area contributed by atoms with Crippen molar-refractivity contribution >= 4 is 5.71 Å². The van der Waals surface area contributed by atoms with Crippen molar-refractivity contribution in [1.29, 1.82) is 0 Å². The molecule has 2 rings (SSSR count). The van der Waals surface area contributed by atoms with E-state index in [4.69, 9.17) is 0 Å². The summed E-state index contributed by atoms with van der Waals surface area (Å²) < 4.78 is 0. The van der Waals surface area contributed by atoms with Crippen molar-refractivity contribution in [3.8, 4) is 0 Å². The third kappa shape index (κ3) is 3.02. The quantitative estimate of drug-likeness (QED) is 0.835. The molecule has 3 nitrogen and oxygen atoms in total. The van der Waals surface area contributed by atoms with Crippen LogP contribution in [0.25, 0.3) is 0 Å². The first-order valence-corrected chi connectivity index (χ1v) is 5.92. The fourth-order valence-corrected chi connectivity index (χ4v) is 1.78. The number of pyridine rings is 1. The van der Waals surface area contributed by atoms with Gasteiger partial charge in [0.2, 0.25) is 0 Å². The minimum Gasteiger partial charge on any atom is -0.394 e. The molecule has 92 valence electrons. The van der Waals surface area contributed by atoms with Gasteiger partial charge >= 0.3 is 0 Å². The molecular weight excluding hydrogens is 224 g/mol. The number of hydrogen-bond acceptors (Lipinski definition) is 3. The maximum Gasteiger partial charge on any atom is 0.0983 e. The highest BCUT2D eigenvalue weighted by molar-refractivity contribution is 5.98. The number of rotatable bonds is 4. The second-order valence-electron chi connectivity index (χ2n) is 4.07. The van der Waals surface area contributed by atoms with Crippen LogP contribution in [0, 0.1) is 0 Å². The number of nitrogens with zero attached hydrogens (tertiary/aromatic N) is 2. The molecule has 1 atom stereocenters. The molecule has 18 heavy (non-hydrogen) atoms. The summed E-state index contributed by atoms with van der Waals surface area (Å²) in [6, 6.07) is 13.4. The fraction of sp³-hybridized carbons (Fsp3) is 0.200. The zero-order valence-electron chi connectivity index (χ0n) is 10.3. The Morgan fingerprint density at radius 1 is 1.22 bits per heavy atom. The summed E-state index contributed by atoms with van der Waals surface area (Å²) in [5.74, 6) is 0. The lowest BCUT2D eigenvalue weighted by Crippen LogP contribution is -2.05. The molecule has 0 aliphatic rings. The van der Waals surface area contributed by atoms with E-state index in [0.29, 0.717) is 0 Å². The van der Waals surface area contributed by atoms with Crippen molar-refractivity contribution in [2.75, 3.05) is 6.61 Å². The average Bonchev–Trinajstić information content (AvgIpc) is 2.46. The number of aromatic nitrogens is 1. The second-order valence-corrected chi connectivity index (χ2v) is 4.07. The number of aliphatic imine (C=N–C) groups is 1. The lowest BCUT2D eigenvalue weighted by Gasteiger charge is -2.11. The van der Waals surface area contributed by atoms with Crippen LogP contribution >= 0.6 is 0 Å². The van der Waals surface area contributed by atoms with Gasteiger partial charge in [-0.3, -0.25) is 9.98 Å². The van der Waals surface area contributed by atoms with Gasteiger partial charge < -0.3 is 5.11 Å². The van der Waals surface area contributed by atoms with Crippen LogP contribution in [0.5, 0.6) is 0 Å². The first kappa shape index (κ1) is 12.5. The summed E-state index contributed by atoms with van der Waals surface area (Å²) in [4.78, 5) is 8.63. The van der Waals surface area contributed by atoms with Crippen LogP contribution in [-0.4, -0.2) is 22.4 Å². The van der Waals surface area contributed by atoms with Crippen molar-refractivity contribution in [2.45, 2.75) is 13.0 Å². The minimum absolute atomic E-state index is 0.00160. The highest BCUT2D eigenvalue weighted by Gasteiger charge is 2.08. The maximum absolute atomic E-state index is 9.45. The predicted octanol–water partition coefficient (Wildman–Crippen LogP) is 2.62. The van der Waals surface area contributed by atoms with Crippen LogP contribution in [-0.2, 0) is 0 Å². The minimum atomic E-state index is -0.216. The molecule has 0 aliphatic carbocycles. The van der Waals surface area contributed by atoms with Crippen LogP contribution in [0.4, 0.5) is 0 Å². The van der Waals surface area contributed by atoms with Gasteiger partial charge in [-0.2, -0.15) is 0 Å². The van der Waals surface area contributed by atoms with Gasteiger partial charge in [0.05, 0.1) is 12.6 Å². The van der Waals surface area contributed by atoms with E-state index in [9.17, 15) is 5.11 Å². The van der Waals surface area contributed by atoms with Crippen molar-refractivity contribution < 1.29 is 5.11 Å². The van der Waals surface area contributed by atoms with E-state index in [1.165, 1.54) is 0 Å². The molecule has 0 saturated carbocycles. The Hall–Kier alpha value is -2.00. The zero-order chi connectivity index (χ0) is 12.8. The Labute approximate surface area is 107 Å². The van der Waals surface area contributed by atoms with E-state index in [-0.39, 0.29) is 12.6 Å². The smallest absolute Gasteiger partial charge is 0.0983 e. The van der Waals surface area contributed by atoms with Gasteiger partial charge in [0.1, 0.15) is 0 Å². The van der Waals surface area contributed by atoms with Crippen LogP contribution in [0.15, 0.2) is 59.9 Å². The van der Waals surface area contributed by atoms with Gasteiger partial charge in [-0.25, -0.2) is 0 Å². The first-order chi connectivity index (χ1) is 8.81.